The van der Waals surface area contributed by atoms with Crippen LogP contribution in [0.15, 0.2) is 54.2 Å². The molecule has 0 spiro atoms. The molecule has 1 amide bonds. The quantitative estimate of drug-likeness (QED) is 0.586. The van der Waals surface area contributed by atoms with Gasteiger partial charge in [0.05, 0.1) is 13.2 Å². The van der Waals surface area contributed by atoms with Crippen LogP contribution in [0.4, 0.5) is 5.69 Å². The number of carbonyl (C=O) groups is 1. The summed E-state index contributed by atoms with van der Waals surface area (Å²) in [7, 11) is 1.60. The second kappa shape index (κ2) is 8.93. The molecule has 2 rings (SSSR count). The summed E-state index contributed by atoms with van der Waals surface area (Å²) < 4.78 is 5.12. The Bertz CT molecular complexity index is 854. The molecule has 2 aromatic carbocycles. The van der Waals surface area contributed by atoms with E-state index < -0.39 is 5.91 Å². The molecule has 0 saturated carbocycles. The zero-order valence-corrected chi connectivity index (χ0v) is 15.6. The van der Waals surface area contributed by atoms with Crippen LogP contribution in [0.2, 0.25) is 5.02 Å². The van der Waals surface area contributed by atoms with E-state index >= 15 is 0 Å². The van der Waals surface area contributed by atoms with Gasteiger partial charge in [0, 0.05) is 16.9 Å². The molecule has 0 aromatic heterocycles. The number of benzene rings is 2. The number of nitriles is 1. The molecular weight excluding hydrogens is 350 g/mol. The van der Waals surface area contributed by atoms with Crippen molar-refractivity contribution in [2.24, 2.45) is 0 Å². The predicted molar refractivity (Wildman–Crippen MR) is 103 cm³/mol. The molecular formula is C20H20ClN3O2. The van der Waals surface area contributed by atoms with Crippen LogP contribution in [0.3, 0.4) is 0 Å². The summed E-state index contributed by atoms with van der Waals surface area (Å²) in [6.45, 7) is 3.71. The maximum Gasteiger partial charge on any atom is 0.263 e. The first kappa shape index (κ1) is 19.4. The Morgan fingerprint density at radius 1 is 1.27 bits per heavy atom. The lowest BCUT2D eigenvalue weighted by atomic mass is 10.1. The van der Waals surface area contributed by atoms with Crippen molar-refractivity contribution in [3.63, 3.8) is 0 Å². The van der Waals surface area contributed by atoms with Gasteiger partial charge in [-0.1, -0.05) is 29.8 Å². The Morgan fingerprint density at radius 2 is 1.96 bits per heavy atom. The van der Waals surface area contributed by atoms with Crippen molar-refractivity contribution in [1.29, 1.82) is 5.26 Å². The van der Waals surface area contributed by atoms with Crippen LogP contribution in [-0.2, 0) is 4.79 Å². The van der Waals surface area contributed by atoms with E-state index in [1.807, 2.05) is 50.2 Å². The third kappa shape index (κ3) is 4.78. The van der Waals surface area contributed by atoms with E-state index in [9.17, 15) is 10.1 Å². The first-order valence-electron chi connectivity index (χ1n) is 8.03. The highest BCUT2D eigenvalue weighted by molar-refractivity contribution is 6.31. The minimum atomic E-state index is -0.456. The van der Waals surface area contributed by atoms with Crippen LogP contribution in [0.25, 0.3) is 0 Å². The number of anilines is 1. The zero-order chi connectivity index (χ0) is 19.1. The van der Waals surface area contributed by atoms with Gasteiger partial charge in [-0.05, 0) is 49.2 Å². The Balaban J connectivity index is 2.07. The number of rotatable bonds is 6. The first-order valence-corrected chi connectivity index (χ1v) is 8.40. The van der Waals surface area contributed by atoms with Crippen LogP contribution in [-0.4, -0.2) is 13.0 Å². The van der Waals surface area contributed by atoms with Crippen molar-refractivity contribution in [3.8, 4) is 11.8 Å². The molecule has 0 aliphatic carbocycles. The molecule has 2 N–H and O–H groups in total. The van der Waals surface area contributed by atoms with Gasteiger partial charge >= 0.3 is 0 Å². The number of hydrogen-bond donors (Lipinski definition) is 2. The van der Waals surface area contributed by atoms with Crippen molar-refractivity contribution in [1.82, 2.24) is 5.32 Å². The van der Waals surface area contributed by atoms with Crippen molar-refractivity contribution in [3.05, 3.63) is 70.4 Å². The van der Waals surface area contributed by atoms with Crippen molar-refractivity contribution in [2.75, 3.05) is 12.4 Å². The maximum absolute atomic E-state index is 12.4. The lowest BCUT2D eigenvalue weighted by Gasteiger charge is -2.14. The number of nitrogens with one attached hydrogen (secondary N) is 2. The average Bonchev–Trinajstić information content (AvgIpc) is 2.65. The molecule has 0 fully saturated rings. The van der Waals surface area contributed by atoms with Crippen LogP contribution >= 0.6 is 11.6 Å². The number of ether oxygens (including phenoxy) is 1. The van der Waals surface area contributed by atoms with Gasteiger partial charge in [-0.15, -0.1) is 0 Å². The summed E-state index contributed by atoms with van der Waals surface area (Å²) in [4.78, 5) is 12.4. The molecule has 6 heteroatoms. The van der Waals surface area contributed by atoms with E-state index in [2.05, 4.69) is 10.6 Å². The van der Waals surface area contributed by atoms with Crippen molar-refractivity contribution in [2.45, 2.75) is 19.9 Å². The number of amides is 1. The second-order valence-corrected chi connectivity index (χ2v) is 6.10. The minimum Gasteiger partial charge on any atom is -0.497 e. The number of halogens is 1. The van der Waals surface area contributed by atoms with E-state index in [-0.39, 0.29) is 11.6 Å². The smallest absolute Gasteiger partial charge is 0.263 e. The molecule has 134 valence electrons. The Morgan fingerprint density at radius 3 is 2.58 bits per heavy atom. The minimum absolute atomic E-state index is 0.0234. The molecule has 0 radical (unpaired) electrons. The number of methoxy groups -OCH3 is 1. The Kier molecular flexibility index (Phi) is 6.65. The summed E-state index contributed by atoms with van der Waals surface area (Å²) in [5.41, 5.74) is 2.47. The fourth-order valence-electron chi connectivity index (χ4n) is 2.31. The molecule has 1 unspecified atom stereocenters. The molecule has 1 atom stereocenters. The van der Waals surface area contributed by atoms with Gasteiger partial charge in [0.2, 0.25) is 0 Å². The molecule has 0 aliphatic rings. The second-order valence-electron chi connectivity index (χ2n) is 5.69. The highest BCUT2D eigenvalue weighted by Crippen LogP contribution is 2.23. The largest absolute Gasteiger partial charge is 0.497 e. The van der Waals surface area contributed by atoms with Crippen LogP contribution in [0.1, 0.15) is 24.1 Å². The van der Waals surface area contributed by atoms with Gasteiger partial charge in [0.15, 0.2) is 0 Å². The summed E-state index contributed by atoms with van der Waals surface area (Å²) in [6, 6.07) is 14.4. The number of hydrogen-bond acceptors (Lipinski definition) is 4. The van der Waals surface area contributed by atoms with Crippen LogP contribution in [0.5, 0.6) is 5.75 Å². The Labute approximate surface area is 158 Å². The average molecular weight is 370 g/mol. The molecule has 26 heavy (non-hydrogen) atoms. The third-order valence-electron chi connectivity index (χ3n) is 3.97. The van der Waals surface area contributed by atoms with Gasteiger partial charge in [0.1, 0.15) is 17.4 Å². The molecule has 0 saturated heterocycles. The van der Waals surface area contributed by atoms with Crippen molar-refractivity contribution >= 4 is 23.2 Å². The predicted octanol–water partition coefficient (Wildman–Crippen LogP) is 4.35. The van der Waals surface area contributed by atoms with Gasteiger partial charge in [-0.25, -0.2) is 0 Å². The summed E-state index contributed by atoms with van der Waals surface area (Å²) in [5, 5.41) is 15.7. The lowest BCUT2D eigenvalue weighted by molar-refractivity contribution is -0.117. The van der Waals surface area contributed by atoms with Crippen molar-refractivity contribution < 1.29 is 9.53 Å². The topological polar surface area (TPSA) is 74.1 Å². The van der Waals surface area contributed by atoms with Crippen LogP contribution in [0, 0.1) is 18.3 Å². The molecule has 2 aromatic rings. The SMILES string of the molecule is COc1ccc(C(C)NC(=O)/C(C#N)=C\Nc2cccc(Cl)c2C)cc1. The highest BCUT2D eigenvalue weighted by atomic mass is 35.5. The lowest BCUT2D eigenvalue weighted by Crippen LogP contribution is -2.28. The summed E-state index contributed by atoms with van der Waals surface area (Å²) >= 11 is 6.07. The number of nitrogens with zero attached hydrogens (tertiary/aromatic N) is 1. The van der Waals surface area contributed by atoms with Gasteiger partial charge in [-0.3, -0.25) is 4.79 Å². The van der Waals surface area contributed by atoms with Crippen LogP contribution < -0.4 is 15.4 Å². The van der Waals surface area contributed by atoms with E-state index in [1.54, 1.807) is 19.2 Å². The zero-order valence-electron chi connectivity index (χ0n) is 14.8. The molecule has 0 aliphatic heterocycles. The van der Waals surface area contributed by atoms with Gasteiger partial charge in [0.25, 0.3) is 5.91 Å². The van der Waals surface area contributed by atoms with E-state index in [0.29, 0.717) is 5.02 Å². The normalized spacial score (nSPS) is 12.0. The highest BCUT2D eigenvalue weighted by Gasteiger charge is 2.14. The fourth-order valence-corrected chi connectivity index (χ4v) is 2.49. The maximum atomic E-state index is 12.4. The van der Waals surface area contributed by atoms with E-state index in [0.717, 1.165) is 22.6 Å². The van der Waals surface area contributed by atoms with Gasteiger partial charge < -0.3 is 15.4 Å². The fraction of sp³-hybridized carbons (Fsp3) is 0.200. The monoisotopic (exact) mass is 369 g/mol. The molecule has 0 bridgehead atoms. The van der Waals surface area contributed by atoms with E-state index in [4.69, 9.17) is 16.3 Å². The first-order chi connectivity index (χ1) is 12.5. The van der Waals surface area contributed by atoms with E-state index in [1.165, 1.54) is 6.20 Å². The summed E-state index contributed by atoms with van der Waals surface area (Å²) in [5.74, 6) is 0.286. The Hall–Kier alpha value is -2.97. The van der Waals surface area contributed by atoms with Gasteiger partial charge in [-0.2, -0.15) is 5.26 Å². The standard InChI is InChI=1S/C20H20ClN3O2/c1-13-18(21)5-4-6-19(13)23-12-16(11-22)20(25)24-14(2)15-7-9-17(26-3)10-8-15/h4-10,12,14,23H,1-3H3,(H,24,25)/b16-12-. The summed E-state index contributed by atoms with van der Waals surface area (Å²) in [6.07, 6.45) is 1.38. The third-order valence-corrected chi connectivity index (χ3v) is 4.38. The molecule has 5 nitrogen and oxygen atoms in total. The number of carbonyl (C=O) groups excluding carboxylic acids is 1. The molecule has 0 heterocycles.